The first-order valence-corrected chi connectivity index (χ1v) is 9.85. The number of carbonyl (C=O) groups is 1. The second kappa shape index (κ2) is 9.48. The van der Waals surface area contributed by atoms with Gasteiger partial charge in [0.15, 0.2) is 0 Å². The molecule has 9 heteroatoms. The van der Waals surface area contributed by atoms with Crippen LogP contribution < -0.4 is 5.84 Å². The smallest absolute Gasteiger partial charge is 0.323 e. The largest absolute Gasteiger partial charge is 0.383 e. The molecule has 2 N–H and O–H groups in total. The molecule has 0 bridgehead atoms. The molecule has 0 saturated heterocycles. The standard InChI is InChI=1S/C12H19N2O4PS2/c1-3-20-17-19(16,18-21-4-2)12-8-6-5-7-10(12)11(15)9-14-13/h6,8-9H,3-5,7,13H2,1-2H3. The maximum absolute atomic E-state index is 13.0. The van der Waals surface area contributed by atoms with Gasteiger partial charge in [0.05, 0.1) is 11.5 Å². The minimum Gasteiger partial charge on any atom is -0.323 e. The van der Waals surface area contributed by atoms with Crippen LogP contribution in [0.25, 0.3) is 0 Å². The highest BCUT2D eigenvalue weighted by molar-refractivity contribution is 8.02. The Bertz CT molecular complexity index is 493. The highest BCUT2D eigenvalue weighted by Gasteiger charge is 2.35. The van der Waals surface area contributed by atoms with Crippen LogP contribution in [0.2, 0.25) is 0 Å². The Morgan fingerprint density at radius 3 is 2.57 bits per heavy atom. The van der Waals surface area contributed by atoms with E-state index in [1.165, 1.54) is 0 Å². The Morgan fingerprint density at radius 2 is 2.05 bits per heavy atom. The van der Waals surface area contributed by atoms with Gasteiger partial charge in [-0.25, -0.2) is 7.94 Å². The molecule has 6 nitrogen and oxygen atoms in total. The zero-order chi connectivity index (χ0) is 15.7. The Morgan fingerprint density at radius 1 is 1.43 bits per heavy atom. The van der Waals surface area contributed by atoms with Crippen molar-refractivity contribution in [2.24, 2.45) is 10.9 Å². The van der Waals surface area contributed by atoms with E-state index in [-0.39, 0.29) is 5.78 Å². The lowest BCUT2D eigenvalue weighted by Crippen LogP contribution is -2.11. The number of nitrogens with zero attached hydrogens (tertiary/aromatic N) is 1. The van der Waals surface area contributed by atoms with Crippen molar-refractivity contribution in [2.45, 2.75) is 26.7 Å². The minimum atomic E-state index is -3.57. The first-order valence-electron chi connectivity index (χ1n) is 6.49. The van der Waals surface area contributed by atoms with Crippen LogP contribution >= 0.6 is 31.7 Å². The van der Waals surface area contributed by atoms with Crippen molar-refractivity contribution in [1.29, 1.82) is 0 Å². The van der Waals surface area contributed by atoms with Crippen LogP contribution in [0.5, 0.6) is 0 Å². The Labute approximate surface area is 133 Å². The summed E-state index contributed by atoms with van der Waals surface area (Å²) in [4.78, 5) is 12.0. The molecule has 0 unspecified atom stereocenters. The van der Waals surface area contributed by atoms with E-state index in [4.69, 9.17) is 13.8 Å². The van der Waals surface area contributed by atoms with Gasteiger partial charge in [-0.3, -0.25) is 9.36 Å². The van der Waals surface area contributed by atoms with Gasteiger partial charge in [-0.05, 0) is 12.8 Å². The van der Waals surface area contributed by atoms with Gasteiger partial charge in [-0.2, -0.15) is 5.10 Å². The van der Waals surface area contributed by atoms with Gasteiger partial charge in [0.1, 0.15) is 0 Å². The number of hydrogen-bond donors (Lipinski definition) is 1. The van der Waals surface area contributed by atoms with Gasteiger partial charge in [0, 0.05) is 41.2 Å². The molecule has 0 aromatic rings. The average Bonchev–Trinajstić information content (AvgIpc) is 2.51. The summed E-state index contributed by atoms with van der Waals surface area (Å²) in [7, 11) is -3.57. The number of Topliss-reactive ketones (excluding diaryl/α,β-unsaturated/α-hetero) is 1. The Kier molecular flexibility index (Phi) is 8.36. The fourth-order valence-electron chi connectivity index (χ4n) is 1.64. The summed E-state index contributed by atoms with van der Waals surface area (Å²) >= 11 is 2.09. The van der Waals surface area contributed by atoms with Crippen molar-refractivity contribution in [3.05, 3.63) is 23.0 Å². The maximum atomic E-state index is 13.0. The second-order valence-corrected chi connectivity index (χ2v) is 8.20. The molecule has 21 heavy (non-hydrogen) atoms. The van der Waals surface area contributed by atoms with Crippen LogP contribution in [0.4, 0.5) is 0 Å². The third kappa shape index (κ3) is 5.30. The van der Waals surface area contributed by atoms with Crippen LogP contribution in [-0.2, 0) is 17.3 Å². The summed E-state index contributed by atoms with van der Waals surface area (Å²) in [5.41, 5.74) is 0.378. The fourth-order valence-corrected chi connectivity index (χ4v) is 5.40. The molecule has 0 atom stereocenters. The van der Waals surface area contributed by atoms with E-state index in [0.717, 1.165) is 30.3 Å². The lowest BCUT2D eigenvalue weighted by molar-refractivity contribution is -0.109. The first kappa shape index (κ1) is 18.5. The summed E-state index contributed by atoms with van der Waals surface area (Å²) in [6, 6.07) is 0. The summed E-state index contributed by atoms with van der Waals surface area (Å²) in [5.74, 6) is 5.89. The van der Waals surface area contributed by atoms with E-state index in [9.17, 15) is 9.36 Å². The molecule has 0 aliphatic heterocycles. The van der Waals surface area contributed by atoms with Gasteiger partial charge < -0.3 is 5.84 Å². The molecule has 0 spiro atoms. The van der Waals surface area contributed by atoms with E-state index in [1.807, 2.05) is 19.9 Å². The molecule has 0 radical (unpaired) electrons. The number of rotatable bonds is 9. The highest BCUT2D eigenvalue weighted by Crippen LogP contribution is 2.63. The molecular formula is C12H19N2O4PS2. The van der Waals surface area contributed by atoms with Gasteiger partial charge in [0.2, 0.25) is 5.78 Å². The van der Waals surface area contributed by atoms with E-state index in [0.29, 0.717) is 35.2 Å². The maximum Gasteiger partial charge on any atom is 0.383 e. The molecule has 0 aromatic heterocycles. The Balaban J connectivity index is 3.19. The number of carbonyl (C=O) groups excluding carboxylic acids is 1. The van der Waals surface area contributed by atoms with Crippen LogP contribution in [-0.4, -0.2) is 23.5 Å². The molecule has 0 aromatic carbocycles. The van der Waals surface area contributed by atoms with Gasteiger partial charge in [-0.1, -0.05) is 26.0 Å². The first-order chi connectivity index (χ1) is 10.1. The summed E-state index contributed by atoms with van der Waals surface area (Å²) < 4.78 is 23.7. The van der Waals surface area contributed by atoms with Gasteiger partial charge >= 0.3 is 7.60 Å². The number of allylic oxidation sites excluding steroid dienone is 4. The zero-order valence-electron chi connectivity index (χ0n) is 12.0. The third-order valence-electron chi connectivity index (χ3n) is 2.47. The normalized spacial score (nSPS) is 15.9. The molecular weight excluding hydrogens is 331 g/mol. The van der Waals surface area contributed by atoms with Crippen molar-refractivity contribution >= 4 is 43.7 Å². The molecule has 0 amide bonds. The molecule has 118 valence electrons. The average molecular weight is 350 g/mol. The number of ketones is 1. The quantitative estimate of drug-likeness (QED) is 0.223. The summed E-state index contributed by atoms with van der Waals surface area (Å²) in [5, 5.41) is 3.53. The molecule has 1 aliphatic rings. The van der Waals surface area contributed by atoms with E-state index in [1.54, 1.807) is 6.08 Å². The molecule has 1 rings (SSSR count). The highest BCUT2D eigenvalue weighted by atomic mass is 32.2. The SMILES string of the molecule is CCSOP(=O)(OSCC)C1=C(C(=O)C=NN)CCC=C1. The molecule has 0 saturated carbocycles. The van der Waals surface area contributed by atoms with E-state index in [2.05, 4.69) is 5.10 Å². The molecule has 1 aliphatic carbocycles. The predicted octanol–water partition coefficient (Wildman–Crippen LogP) is 3.67. The topological polar surface area (TPSA) is 91.0 Å². The summed E-state index contributed by atoms with van der Waals surface area (Å²) in [6.45, 7) is 3.75. The zero-order valence-corrected chi connectivity index (χ0v) is 14.5. The van der Waals surface area contributed by atoms with Crippen LogP contribution in [0.15, 0.2) is 28.1 Å². The monoisotopic (exact) mass is 350 g/mol. The number of nitrogens with two attached hydrogens (primary N) is 1. The summed E-state index contributed by atoms with van der Waals surface area (Å²) in [6.07, 6.45) is 5.64. The third-order valence-corrected chi connectivity index (χ3v) is 6.36. The number of hydrogen-bond acceptors (Lipinski definition) is 8. The lowest BCUT2D eigenvalue weighted by atomic mass is 10.0. The number of hydrazone groups is 1. The molecule has 0 heterocycles. The van der Waals surface area contributed by atoms with Crippen LogP contribution in [0, 0.1) is 0 Å². The van der Waals surface area contributed by atoms with Crippen molar-refractivity contribution in [2.75, 3.05) is 11.5 Å². The molecule has 0 fully saturated rings. The second-order valence-electron chi connectivity index (χ2n) is 3.91. The lowest BCUT2D eigenvalue weighted by Gasteiger charge is -2.21. The Hall–Kier alpha value is -0.530. The van der Waals surface area contributed by atoms with Crippen LogP contribution in [0.1, 0.15) is 26.7 Å². The van der Waals surface area contributed by atoms with Crippen LogP contribution in [0.3, 0.4) is 0 Å². The predicted molar refractivity (Wildman–Crippen MR) is 89.1 cm³/mol. The van der Waals surface area contributed by atoms with Crippen molar-refractivity contribution in [3.63, 3.8) is 0 Å². The van der Waals surface area contributed by atoms with Crippen molar-refractivity contribution in [1.82, 2.24) is 0 Å². The van der Waals surface area contributed by atoms with Crippen molar-refractivity contribution < 1.29 is 17.3 Å². The van der Waals surface area contributed by atoms with E-state index >= 15 is 0 Å². The van der Waals surface area contributed by atoms with Gasteiger partial charge in [-0.15, -0.1) is 0 Å². The minimum absolute atomic E-state index is 0.292. The van der Waals surface area contributed by atoms with E-state index < -0.39 is 7.60 Å². The van der Waals surface area contributed by atoms with Crippen molar-refractivity contribution in [3.8, 4) is 0 Å². The van der Waals surface area contributed by atoms with Gasteiger partial charge in [0.25, 0.3) is 0 Å². The fraction of sp³-hybridized carbons (Fsp3) is 0.500.